The summed E-state index contributed by atoms with van der Waals surface area (Å²) in [5.41, 5.74) is 0.875. The van der Waals surface area contributed by atoms with Crippen molar-refractivity contribution in [3.05, 3.63) is 17.5 Å². The van der Waals surface area contributed by atoms with Crippen molar-refractivity contribution >= 4 is 0 Å². The molecule has 1 atom stereocenters. The lowest BCUT2D eigenvalue weighted by Crippen LogP contribution is -2.31. The van der Waals surface area contributed by atoms with Gasteiger partial charge in [-0.3, -0.25) is 4.90 Å². The summed E-state index contributed by atoms with van der Waals surface area (Å²) in [6.07, 6.45) is -0.465. The van der Waals surface area contributed by atoms with Crippen LogP contribution in [0.3, 0.4) is 0 Å². The molecule has 0 spiro atoms. The zero-order chi connectivity index (χ0) is 11.3. The van der Waals surface area contributed by atoms with Crippen LogP contribution in [0.2, 0.25) is 0 Å². The molecule has 1 rings (SSSR count). The van der Waals surface area contributed by atoms with Gasteiger partial charge in [0, 0.05) is 26.3 Å². The van der Waals surface area contributed by atoms with E-state index < -0.39 is 6.10 Å². The third kappa shape index (κ3) is 4.42. The van der Waals surface area contributed by atoms with E-state index in [-0.39, 0.29) is 0 Å². The minimum atomic E-state index is -0.465. The topological polar surface area (TPSA) is 58.7 Å². The molecule has 0 bridgehead atoms. The number of aryl methyl sites for hydroxylation is 1. The van der Waals surface area contributed by atoms with E-state index in [1.807, 2.05) is 24.9 Å². The highest BCUT2D eigenvalue weighted by Gasteiger charge is 2.09. The van der Waals surface area contributed by atoms with Crippen molar-refractivity contribution in [2.45, 2.75) is 19.6 Å². The molecule has 0 aliphatic heterocycles. The number of hydrogen-bond donors (Lipinski definition) is 1. The number of aliphatic hydroxyl groups excluding tert-OH is 1. The molecule has 15 heavy (non-hydrogen) atoms. The lowest BCUT2D eigenvalue weighted by Gasteiger charge is -2.18. The molecule has 0 saturated heterocycles. The first-order valence-corrected chi connectivity index (χ1v) is 4.89. The SMILES string of the molecule is COCC(O)CN(C)Cc1cc(C)on1. The van der Waals surface area contributed by atoms with Crippen LogP contribution in [0.25, 0.3) is 0 Å². The Kier molecular flexibility index (Phi) is 4.74. The van der Waals surface area contributed by atoms with Gasteiger partial charge in [-0.1, -0.05) is 5.16 Å². The normalized spacial score (nSPS) is 13.4. The van der Waals surface area contributed by atoms with E-state index in [0.29, 0.717) is 19.7 Å². The molecule has 1 aromatic heterocycles. The Hall–Kier alpha value is -0.910. The number of methoxy groups -OCH3 is 1. The summed E-state index contributed by atoms with van der Waals surface area (Å²) in [6, 6.07) is 1.89. The summed E-state index contributed by atoms with van der Waals surface area (Å²) in [6.45, 7) is 3.43. The maximum atomic E-state index is 9.49. The van der Waals surface area contributed by atoms with Crippen molar-refractivity contribution < 1.29 is 14.4 Å². The first-order valence-electron chi connectivity index (χ1n) is 4.89. The smallest absolute Gasteiger partial charge is 0.133 e. The molecule has 0 fully saturated rings. The molecule has 1 N–H and O–H groups in total. The summed E-state index contributed by atoms with van der Waals surface area (Å²) in [5, 5.41) is 13.4. The zero-order valence-corrected chi connectivity index (χ0v) is 9.43. The number of likely N-dealkylation sites (N-methyl/N-ethyl adjacent to an activating group) is 1. The van der Waals surface area contributed by atoms with Gasteiger partial charge in [0.15, 0.2) is 0 Å². The molecule has 5 heteroatoms. The molecule has 86 valence electrons. The second-order valence-corrected chi connectivity index (χ2v) is 3.73. The quantitative estimate of drug-likeness (QED) is 0.743. The lowest BCUT2D eigenvalue weighted by atomic mass is 10.3. The van der Waals surface area contributed by atoms with Crippen molar-refractivity contribution in [3.63, 3.8) is 0 Å². The first kappa shape index (κ1) is 12.2. The summed E-state index contributed by atoms with van der Waals surface area (Å²) >= 11 is 0. The number of aliphatic hydroxyl groups is 1. The van der Waals surface area contributed by atoms with Crippen molar-refractivity contribution in [1.29, 1.82) is 0 Å². The van der Waals surface area contributed by atoms with Gasteiger partial charge in [0.2, 0.25) is 0 Å². The highest BCUT2D eigenvalue weighted by Crippen LogP contribution is 2.04. The molecule has 1 aromatic rings. The van der Waals surface area contributed by atoms with Crippen LogP contribution in [0.4, 0.5) is 0 Å². The monoisotopic (exact) mass is 214 g/mol. The van der Waals surface area contributed by atoms with Crippen LogP contribution < -0.4 is 0 Å². The molecule has 0 aliphatic rings. The summed E-state index contributed by atoms with van der Waals surface area (Å²) < 4.78 is 9.80. The van der Waals surface area contributed by atoms with Gasteiger partial charge in [0.25, 0.3) is 0 Å². The van der Waals surface area contributed by atoms with Crippen LogP contribution in [0, 0.1) is 6.92 Å². The fourth-order valence-electron chi connectivity index (χ4n) is 1.44. The Morgan fingerprint density at radius 1 is 1.67 bits per heavy atom. The Morgan fingerprint density at radius 2 is 2.40 bits per heavy atom. The average Bonchev–Trinajstić information content (AvgIpc) is 2.51. The molecule has 5 nitrogen and oxygen atoms in total. The fourth-order valence-corrected chi connectivity index (χ4v) is 1.44. The second-order valence-electron chi connectivity index (χ2n) is 3.73. The molecule has 0 saturated carbocycles. The van der Waals surface area contributed by atoms with Crippen molar-refractivity contribution in [1.82, 2.24) is 10.1 Å². The predicted octanol–water partition coefficient (Wildman–Crippen LogP) is 0.422. The molecular weight excluding hydrogens is 196 g/mol. The van der Waals surface area contributed by atoms with Gasteiger partial charge < -0.3 is 14.4 Å². The number of nitrogens with zero attached hydrogens (tertiary/aromatic N) is 2. The van der Waals surface area contributed by atoms with E-state index in [9.17, 15) is 5.11 Å². The van der Waals surface area contributed by atoms with Gasteiger partial charge in [-0.15, -0.1) is 0 Å². The zero-order valence-electron chi connectivity index (χ0n) is 9.43. The first-order chi connectivity index (χ1) is 7.11. The second kappa shape index (κ2) is 5.85. The largest absolute Gasteiger partial charge is 0.389 e. The molecular formula is C10H18N2O3. The van der Waals surface area contributed by atoms with Gasteiger partial charge >= 0.3 is 0 Å². The van der Waals surface area contributed by atoms with Crippen molar-refractivity contribution in [2.24, 2.45) is 0 Å². The number of hydrogen-bond acceptors (Lipinski definition) is 5. The third-order valence-electron chi connectivity index (χ3n) is 1.99. The van der Waals surface area contributed by atoms with Gasteiger partial charge in [-0.2, -0.15) is 0 Å². The van der Waals surface area contributed by atoms with Crippen molar-refractivity contribution in [3.8, 4) is 0 Å². The number of aromatic nitrogens is 1. The Balaban J connectivity index is 2.32. The van der Waals surface area contributed by atoms with E-state index in [1.165, 1.54) is 0 Å². The molecule has 0 amide bonds. The van der Waals surface area contributed by atoms with Gasteiger partial charge in [-0.05, 0) is 14.0 Å². The van der Waals surface area contributed by atoms with Crippen LogP contribution in [-0.4, -0.2) is 48.6 Å². The van der Waals surface area contributed by atoms with Gasteiger partial charge in [0.1, 0.15) is 5.76 Å². The van der Waals surface area contributed by atoms with Gasteiger partial charge in [-0.25, -0.2) is 0 Å². The molecule has 1 unspecified atom stereocenters. The van der Waals surface area contributed by atoms with E-state index in [4.69, 9.17) is 9.26 Å². The van der Waals surface area contributed by atoms with E-state index >= 15 is 0 Å². The minimum Gasteiger partial charge on any atom is -0.389 e. The van der Waals surface area contributed by atoms with Gasteiger partial charge in [0.05, 0.1) is 18.4 Å². The predicted molar refractivity (Wildman–Crippen MR) is 55.5 cm³/mol. The molecule has 1 heterocycles. The Morgan fingerprint density at radius 3 is 2.93 bits per heavy atom. The fraction of sp³-hybridized carbons (Fsp3) is 0.700. The van der Waals surface area contributed by atoms with Crippen molar-refractivity contribution in [2.75, 3.05) is 27.3 Å². The Bertz CT molecular complexity index is 288. The number of rotatable bonds is 6. The standard InChI is InChI=1S/C10H18N2O3/c1-8-4-9(11-15-8)5-12(2)6-10(13)7-14-3/h4,10,13H,5-7H2,1-3H3. The van der Waals surface area contributed by atoms with Crippen LogP contribution in [-0.2, 0) is 11.3 Å². The molecule has 0 aromatic carbocycles. The maximum Gasteiger partial charge on any atom is 0.133 e. The van der Waals surface area contributed by atoms with Crippen LogP contribution in [0.1, 0.15) is 11.5 Å². The number of ether oxygens (including phenoxy) is 1. The summed E-state index contributed by atoms with van der Waals surface area (Å²) in [5.74, 6) is 0.802. The summed E-state index contributed by atoms with van der Waals surface area (Å²) in [7, 11) is 3.49. The molecule has 0 radical (unpaired) electrons. The third-order valence-corrected chi connectivity index (χ3v) is 1.99. The summed E-state index contributed by atoms with van der Waals surface area (Å²) in [4.78, 5) is 1.97. The Labute approximate surface area is 89.6 Å². The highest BCUT2D eigenvalue weighted by molar-refractivity contribution is 5.03. The molecule has 0 aliphatic carbocycles. The van der Waals surface area contributed by atoms with E-state index in [0.717, 1.165) is 11.5 Å². The van der Waals surface area contributed by atoms with Crippen LogP contribution in [0.5, 0.6) is 0 Å². The lowest BCUT2D eigenvalue weighted by molar-refractivity contribution is 0.0415. The maximum absolute atomic E-state index is 9.49. The minimum absolute atomic E-state index is 0.349. The average molecular weight is 214 g/mol. The highest BCUT2D eigenvalue weighted by atomic mass is 16.5. The van der Waals surface area contributed by atoms with Crippen LogP contribution in [0.15, 0.2) is 10.6 Å². The van der Waals surface area contributed by atoms with E-state index in [2.05, 4.69) is 5.16 Å². The van der Waals surface area contributed by atoms with Crippen LogP contribution >= 0.6 is 0 Å². The van der Waals surface area contributed by atoms with E-state index in [1.54, 1.807) is 7.11 Å².